The fraction of sp³-hybridized carbons (Fsp3) is 0.800. The van der Waals surface area contributed by atoms with E-state index in [9.17, 15) is 5.11 Å². The second kappa shape index (κ2) is 7.70. The standard InChI is InChI=1S/C15H26N4O2S/c1-13-10-18(3-4-19(13)15-16-2-9-22-15)12-14(20)11-17-5-7-21-8-6-17/h2,9,13-14,20H,3-8,10-12H2,1H3/t13-,14-/m1/s1. The number of nitrogens with zero attached hydrogens (tertiary/aromatic N) is 4. The summed E-state index contributed by atoms with van der Waals surface area (Å²) in [7, 11) is 0. The molecule has 22 heavy (non-hydrogen) atoms. The number of ether oxygens (including phenoxy) is 1. The van der Waals surface area contributed by atoms with Gasteiger partial charge in [0.25, 0.3) is 0 Å². The number of rotatable bonds is 5. The summed E-state index contributed by atoms with van der Waals surface area (Å²) >= 11 is 1.70. The highest BCUT2D eigenvalue weighted by atomic mass is 32.1. The number of piperazine rings is 1. The molecule has 2 atom stereocenters. The minimum atomic E-state index is -0.281. The number of aliphatic hydroxyl groups is 1. The summed E-state index contributed by atoms with van der Waals surface area (Å²) in [6.45, 7) is 10.2. The molecule has 0 radical (unpaired) electrons. The molecule has 0 unspecified atom stereocenters. The molecule has 2 aliphatic heterocycles. The zero-order valence-electron chi connectivity index (χ0n) is 13.2. The van der Waals surface area contributed by atoms with Crippen molar-refractivity contribution in [1.82, 2.24) is 14.8 Å². The quantitative estimate of drug-likeness (QED) is 0.842. The first-order valence-electron chi connectivity index (χ1n) is 8.09. The maximum absolute atomic E-state index is 10.3. The lowest BCUT2D eigenvalue weighted by Gasteiger charge is -2.40. The fourth-order valence-electron chi connectivity index (χ4n) is 3.28. The lowest BCUT2D eigenvalue weighted by atomic mass is 10.2. The molecule has 2 saturated heterocycles. The molecule has 0 saturated carbocycles. The molecule has 0 amide bonds. The largest absolute Gasteiger partial charge is 0.390 e. The smallest absolute Gasteiger partial charge is 0.185 e. The SMILES string of the molecule is C[C@@H]1CN(C[C@H](O)CN2CCOCC2)CCN1c1nccs1. The highest BCUT2D eigenvalue weighted by Gasteiger charge is 2.27. The number of hydrogen-bond donors (Lipinski definition) is 1. The number of thiazole rings is 1. The van der Waals surface area contributed by atoms with E-state index in [2.05, 4.69) is 26.6 Å². The van der Waals surface area contributed by atoms with E-state index < -0.39 is 0 Å². The molecule has 7 heteroatoms. The Kier molecular flexibility index (Phi) is 5.65. The summed E-state index contributed by atoms with van der Waals surface area (Å²) in [6, 6.07) is 0.440. The monoisotopic (exact) mass is 326 g/mol. The number of aliphatic hydroxyl groups excluding tert-OH is 1. The van der Waals surface area contributed by atoms with Crippen LogP contribution in [0.3, 0.4) is 0 Å². The van der Waals surface area contributed by atoms with Crippen LogP contribution in [0.15, 0.2) is 11.6 Å². The molecular weight excluding hydrogens is 300 g/mol. The van der Waals surface area contributed by atoms with Crippen LogP contribution in [0.4, 0.5) is 5.13 Å². The number of aromatic nitrogens is 1. The summed E-state index contributed by atoms with van der Waals surface area (Å²) in [5.41, 5.74) is 0. The van der Waals surface area contributed by atoms with Crippen molar-refractivity contribution < 1.29 is 9.84 Å². The average molecular weight is 326 g/mol. The Bertz CT molecular complexity index is 439. The molecule has 1 N–H and O–H groups in total. The number of hydrogen-bond acceptors (Lipinski definition) is 7. The van der Waals surface area contributed by atoms with Gasteiger partial charge in [-0.05, 0) is 6.92 Å². The Morgan fingerprint density at radius 3 is 2.73 bits per heavy atom. The van der Waals surface area contributed by atoms with Crippen molar-refractivity contribution in [2.24, 2.45) is 0 Å². The summed E-state index contributed by atoms with van der Waals surface area (Å²) in [4.78, 5) is 11.5. The van der Waals surface area contributed by atoms with Gasteiger partial charge in [-0.1, -0.05) is 0 Å². The van der Waals surface area contributed by atoms with E-state index in [0.717, 1.165) is 64.2 Å². The highest BCUT2D eigenvalue weighted by Crippen LogP contribution is 2.22. The molecule has 1 aromatic heterocycles. The van der Waals surface area contributed by atoms with Crippen molar-refractivity contribution >= 4 is 16.5 Å². The number of β-amino-alcohol motifs (C(OH)–C–C–N with tert-alkyl or cyclic N) is 1. The van der Waals surface area contributed by atoms with Crippen LogP contribution < -0.4 is 4.90 Å². The van der Waals surface area contributed by atoms with Crippen LogP contribution in [-0.2, 0) is 4.74 Å². The van der Waals surface area contributed by atoms with Crippen molar-refractivity contribution in [2.45, 2.75) is 19.1 Å². The zero-order chi connectivity index (χ0) is 15.4. The topological polar surface area (TPSA) is 52.1 Å². The van der Waals surface area contributed by atoms with E-state index in [1.165, 1.54) is 0 Å². The van der Waals surface area contributed by atoms with Gasteiger partial charge in [0.2, 0.25) is 0 Å². The maximum Gasteiger partial charge on any atom is 0.185 e. The molecular formula is C15H26N4O2S. The Labute approximate surface area is 136 Å². The molecule has 3 heterocycles. The van der Waals surface area contributed by atoms with Crippen LogP contribution in [0.25, 0.3) is 0 Å². The molecule has 0 aliphatic carbocycles. The third kappa shape index (κ3) is 4.17. The molecule has 3 rings (SSSR count). The lowest BCUT2D eigenvalue weighted by Crippen LogP contribution is -2.54. The van der Waals surface area contributed by atoms with Crippen molar-refractivity contribution in [3.8, 4) is 0 Å². The molecule has 0 bridgehead atoms. The Balaban J connectivity index is 1.44. The second-order valence-electron chi connectivity index (χ2n) is 6.18. The minimum Gasteiger partial charge on any atom is -0.390 e. The second-order valence-corrected chi connectivity index (χ2v) is 7.06. The van der Waals surface area contributed by atoms with Crippen LogP contribution in [0.2, 0.25) is 0 Å². The van der Waals surface area contributed by atoms with Gasteiger partial charge in [-0.2, -0.15) is 0 Å². The van der Waals surface area contributed by atoms with Crippen LogP contribution in [0.5, 0.6) is 0 Å². The third-order valence-corrected chi connectivity index (χ3v) is 5.23. The van der Waals surface area contributed by atoms with E-state index in [1.807, 2.05) is 11.6 Å². The number of morpholine rings is 1. The first kappa shape index (κ1) is 16.1. The maximum atomic E-state index is 10.3. The van der Waals surface area contributed by atoms with Gasteiger partial charge in [-0.3, -0.25) is 9.80 Å². The van der Waals surface area contributed by atoms with Gasteiger partial charge in [-0.15, -0.1) is 11.3 Å². The van der Waals surface area contributed by atoms with E-state index >= 15 is 0 Å². The summed E-state index contributed by atoms with van der Waals surface area (Å²) in [5, 5.41) is 13.5. The van der Waals surface area contributed by atoms with E-state index in [0.29, 0.717) is 6.04 Å². The predicted octanol–water partition coefficient (Wildman–Crippen LogP) is 0.347. The van der Waals surface area contributed by atoms with Gasteiger partial charge in [0, 0.05) is 63.4 Å². The van der Waals surface area contributed by atoms with Gasteiger partial charge < -0.3 is 14.7 Å². The van der Waals surface area contributed by atoms with Crippen molar-refractivity contribution in [3.63, 3.8) is 0 Å². The van der Waals surface area contributed by atoms with Gasteiger partial charge in [0.1, 0.15) is 0 Å². The summed E-state index contributed by atoms with van der Waals surface area (Å²) in [6.07, 6.45) is 1.59. The highest BCUT2D eigenvalue weighted by molar-refractivity contribution is 7.13. The normalized spacial score (nSPS) is 26.3. The third-order valence-electron chi connectivity index (χ3n) is 4.42. The Morgan fingerprint density at radius 1 is 1.27 bits per heavy atom. The first-order valence-corrected chi connectivity index (χ1v) is 8.97. The van der Waals surface area contributed by atoms with Crippen LogP contribution in [0, 0.1) is 0 Å². The van der Waals surface area contributed by atoms with Crippen LogP contribution in [-0.4, -0.2) is 91.1 Å². The average Bonchev–Trinajstić information content (AvgIpc) is 3.02. The summed E-state index contributed by atoms with van der Waals surface area (Å²) in [5.74, 6) is 0. The predicted molar refractivity (Wildman–Crippen MR) is 88.6 cm³/mol. The van der Waals surface area contributed by atoms with Crippen molar-refractivity contribution in [2.75, 3.05) is 63.9 Å². The van der Waals surface area contributed by atoms with Gasteiger partial charge in [0.05, 0.1) is 19.3 Å². The Morgan fingerprint density at radius 2 is 2.05 bits per heavy atom. The van der Waals surface area contributed by atoms with E-state index in [4.69, 9.17) is 4.74 Å². The molecule has 0 spiro atoms. The molecule has 2 fully saturated rings. The van der Waals surface area contributed by atoms with Gasteiger partial charge in [0.15, 0.2) is 5.13 Å². The summed E-state index contributed by atoms with van der Waals surface area (Å²) < 4.78 is 5.35. The first-order chi connectivity index (χ1) is 10.7. The minimum absolute atomic E-state index is 0.281. The van der Waals surface area contributed by atoms with Crippen LogP contribution >= 0.6 is 11.3 Å². The molecule has 6 nitrogen and oxygen atoms in total. The van der Waals surface area contributed by atoms with Crippen molar-refractivity contribution in [3.05, 3.63) is 11.6 Å². The number of anilines is 1. The molecule has 1 aromatic rings. The lowest BCUT2D eigenvalue weighted by molar-refractivity contribution is 0.00572. The van der Waals surface area contributed by atoms with E-state index in [1.54, 1.807) is 11.3 Å². The molecule has 0 aromatic carbocycles. The van der Waals surface area contributed by atoms with Gasteiger partial charge in [-0.25, -0.2) is 4.98 Å². The van der Waals surface area contributed by atoms with Crippen molar-refractivity contribution in [1.29, 1.82) is 0 Å². The zero-order valence-corrected chi connectivity index (χ0v) is 14.0. The van der Waals surface area contributed by atoms with E-state index in [-0.39, 0.29) is 6.10 Å². The van der Waals surface area contributed by atoms with Crippen LogP contribution in [0.1, 0.15) is 6.92 Å². The molecule has 2 aliphatic rings. The van der Waals surface area contributed by atoms with Gasteiger partial charge >= 0.3 is 0 Å². The fourth-order valence-corrected chi connectivity index (χ4v) is 4.05. The molecule has 124 valence electrons. The Hall–Kier alpha value is -0.730.